The Labute approximate surface area is 322 Å². The maximum absolute atomic E-state index is 5.29. The lowest BCUT2D eigenvalue weighted by molar-refractivity contribution is 1.07. The lowest BCUT2D eigenvalue weighted by Crippen LogP contribution is -2.00. The van der Waals surface area contributed by atoms with Crippen molar-refractivity contribution in [3.05, 3.63) is 188 Å². The Hall–Kier alpha value is -7.49. The van der Waals surface area contributed by atoms with Crippen LogP contribution in [0.25, 0.3) is 121 Å². The Balaban J connectivity index is 1.15. The minimum Gasteiger partial charge on any atom is -0.208 e. The van der Waals surface area contributed by atoms with E-state index < -0.39 is 0 Å². The molecule has 3 nitrogen and oxygen atoms in total. The van der Waals surface area contributed by atoms with Crippen LogP contribution < -0.4 is 0 Å². The van der Waals surface area contributed by atoms with E-state index in [-0.39, 0.29) is 0 Å². The highest BCUT2D eigenvalue weighted by Crippen LogP contribution is 2.44. The van der Waals surface area contributed by atoms with E-state index in [1.807, 2.05) is 18.2 Å². The van der Waals surface area contributed by atoms with Gasteiger partial charge in [-0.2, -0.15) is 0 Å². The largest absolute Gasteiger partial charge is 0.208 e. The summed E-state index contributed by atoms with van der Waals surface area (Å²) in [5, 5.41) is 17.3. The Kier molecular flexibility index (Phi) is 6.63. The van der Waals surface area contributed by atoms with Gasteiger partial charge in [0.25, 0.3) is 0 Å². The SMILES string of the molecule is c1ccc(-c2nc(-c3cccc(-c4ccc5ccccc5c4)c3)nc(-c3cc4ccc5cccc6c7cccc8ccc9cccc(c(c3)c4c56)c9c87)n2)cc1. The van der Waals surface area contributed by atoms with E-state index in [1.165, 1.54) is 70.0 Å². The van der Waals surface area contributed by atoms with E-state index in [4.69, 9.17) is 15.0 Å². The quantitative estimate of drug-likeness (QED) is 0.171. The smallest absolute Gasteiger partial charge is 0.164 e. The molecule has 0 radical (unpaired) electrons. The number of aromatic nitrogens is 3. The van der Waals surface area contributed by atoms with Crippen molar-refractivity contribution in [1.29, 1.82) is 0 Å². The van der Waals surface area contributed by atoms with Crippen molar-refractivity contribution in [1.82, 2.24) is 15.0 Å². The van der Waals surface area contributed by atoms with Crippen molar-refractivity contribution in [2.45, 2.75) is 0 Å². The molecule has 0 aliphatic rings. The predicted octanol–water partition coefficient (Wildman–Crippen LogP) is 14.0. The monoisotopic (exact) mass is 709 g/mol. The highest BCUT2D eigenvalue weighted by atomic mass is 15.0. The molecule has 12 aromatic rings. The van der Waals surface area contributed by atoms with Crippen LogP contribution in [0, 0.1) is 0 Å². The van der Waals surface area contributed by atoms with E-state index in [2.05, 4.69) is 170 Å². The minimum atomic E-state index is 0.640. The van der Waals surface area contributed by atoms with Gasteiger partial charge in [0.2, 0.25) is 0 Å². The van der Waals surface area contributed by atoms with Crippen LogP contribution in [0.1, 0.15) is 0 Å². The second-order valence-electron chi connectivity index (χ2n) is 14.8. The van der Waals surface area contributed by atoms with Crippen LogP contribution in [0.3, 0.4) is 0 Å². The van der Waals surface area contributed by atoms with Crippen molar-refractivity contribution in [3.8, 4) is 45.3 Å². The topological polar surface area (TPSA) is 38.7 Å². The molecule has 0 N–H and O–H groups in total. The van der Waals surface area contributed by atoms with E-state index in [9.17, 15) is 0 Å². The van der Waals surface area contributed by atoms with Gasteiger partial charge in [0, 0.05) is 16.7 Å². The van der Waals surface area contributed by atoms with Crippen LogP contribution in [-0.2, 0) is 0 Å². The molecule has 258 valence electrons. The molecule has 3 heteroatoms. The zero-order valence-electron chi connectivity index (χ0n) is 30.2. The molecule has 0 bridgehead atoms. The van der Waals surface area contributed by atoms with Gasteiger partial charge in [0.1, 0.15) is 0 Å². The summed E-state index contributed by atoms with van der Waals surface area (Å²) >= 11 is 0. The number of hydrogen-bond acceptors (Lipinski definition) is 3. The highest BCUT2D eigenvalue weighted by molar-refractivity contribution is 6.37. The van der Waals surface area contributed by atoms with E-state index in [1.54, 1.807) is 0 Å². The van der Waals surface area contributed by atoms with Crippen molar-refractivity contribution < 1.29 is 0 Å². The van der Waals surface area contributed by atoms with Crippen molar-refractivity contribution in [3.63, 3.8) is 0 Å². The first-order valence-corrected chi connectivity index (χ1v) is 19.1. The van der Waals surface area contributed by atoms with Gasteiger partial charge in [-0.1, -0.05) is 164 Å². The molecular formula is C53H31N3. The molecule has 56 heavy (non-hydrogen) atoms. The van der Waals surface area contributed by atoms with Crippen molar-refractivity contribution in [2.75, 3.05) is 0 Å². The number of rotatable bonds is 4. The average Bonchev–Trinajstić information content (AvgIpc) is 3.27. The summed E-state index contributed by atoms with van der Waals surface area (Å²) in [4.78, 5) is 15.6. The summed E-state index contributed by atoms with van der Waals surface area (Å²) in [5.74, 6) is 1.93. The van der Waals surface area contributed by atoms with Crippen LogP contribution in [0.5, 0.6) is 0 Å². The number of hydrogen-bond donors (Lipinski definition) is 0. The molecule has 0 saturated carbocycles. The molecule has 0 saturated heterocycles. The highest BCUT2D eigenvalue weighted by Gasteiger charge is 2.19. The molecule has 11 aromatic carbocycles. The van der Waals surface area contributed by atoms with Gasteiger partial charge < -0.3 is 0 Å². The lowest BCUT2D eigenvalue weighted by atomic mass is 9.87. The standard InChI is InChI=1S/C53H31N3/c1-2-11-36(12-3-1)51-54-52(41-18-6-17-38(29-41)39-26-22-32-10-4-5-13-37(32)28-39)56-53(55-51)42-30-40-27-25-35-15-8-20-44-43-19-7-14-33-23-24-34-16-9-21-45(49(34)47(33)43)46(31-42)50(40)48(35)44/h1-31H. The van der Waals surface area contributed by atoms with Crippen LogP contribution in [0.15, 0.2) is 188 Å². The summed E-state index contributed by atoms with van der Waals surface area (Å²) in [6, 6.07) is 67.7. The maximum Gasteiger partial charge on any atom is 0.164 e. The van der Waals surface area contributed by atoms with Crippen molar-refractivity contribution in [2.24, 2.45) is 0 Å². The summed E-state index contributed by atoms with van der Waals surface area (Å²) in [5.41, 5.74) is 5.11. The number of nitrogens with zero attached hydrogens (tertiary/aromatic N) is 3. The first kappa shape index (κ1) is 30.9. The Bertz CT molecular complexity index is 3530. The maximum atomic E-state index is 5.29. The van der Waals surface area contributed by atoms with E-state index >= 15 is 0 Å². The molecule has 0 fully saturated rings. The summed E-state index contributed by atoms with van der Waals surface area (Å²) in [7, 11) is 0. The van der Waals surface area contributed by atoms with E-state index in [0.29, 0.717) is 17.5 Å². The molecule has 0 spiro atoms. The normalized spacial score (nSPS) is 11.9. The molecule has 0 unspecified atom stereocenters. The Morgan fingerprint density at radius 3 is 1.32 bits per heavy atom. The van der Waals surface area contributed by atoms with Gasteiger partial charge in [-0.3, -0.25) is 0 Å². The van der Waals surface area contributed by atoms with Gasteiger partial charge >= 0.3 is 0 Å². The summed E-state index contributed by atoms with van der Waals surface area (Å²) in [6.07, 6.45) is 0. The molecular weight excluding hydrogens is 679 g/mol. The molecule has 0 atom stereocenters. The summed E-state index contributed by atoms with van der Waals surface area (Å²) in [6.45, 7) is 0. The molecule has 0 aliphatic heterocycles. The van der Waals surface area contributed by atoms with Crippen LogP contribution in [0.4, 0.5) is 0 Å². The van der Waals surface area contributed by atoms with Gasteiger partial charge in [-0.25, -0.2) is 15.0 Å². The second kappa shape index (κ2) is 12.0. The average molecular weight is 710 g/mol. The predicted molar refractivity (Wildman–Crippen MR) is 235 cm³/mol. The fourth-order valence-electron chi connectivity index (χ4n) is 8.97. The van der Waals surface area contributed by atoms with Crippen LogP contribution in [0.2, 0.25) is 0 Å². The fraction of sp³-hybridized carbons (Fsp3) is 0. The third-order valence-corrected chi connectivity index (χ3v) is 11.6. The molecule has 0 amide bonds. The Morgan fingerprint density at radius 1 is 0.214 bits per heavy atom. The molecule has 0 aliphatic carbocycles. The zero-order valence-corrected chi connectivity index (χ0v) is 30.2. The first-order valence-electron chi connectivity index (χ1n) is 19.1. The molecule has 12 rings (SSSR count). The Morgan fingerprint density at radius 2 is 0.643 bits per heavy atom. The van der Waals surface area contributed by atoms with E-state index in [0.717, 1.165) is 33.2 Å². The first-order chi connectivity index (χ1) is 27.7. The van der Waals surface area contributed by atoms with Crippen molar-refractivity contribution >= 4 is 75.4 Å². The number of benzene rings is 10. The van der Waals surface area contributed by atoms with Crippen LogP contribution >= 0.6 is 0 Å². The van der Waals surface area contributed by atoms with Gasteiger partial charge in [0.05, 0.1) is 0 Å². The summed E-state index contributed by atoms with van der Waals surface area (Å²) < 4.78 is 0. The molecule has 1 aromatic heterocycles. The fourth-order valence-corrected chi connectivity index (χ4v) is 8.97. The molecule has 1 heterocycles. The zero-order chi connectivity index (χ0) is 36.7. The van der Waals surface area contributed by atoms with Gasteiger partial charge in [-0.05, 0) is 111 Å². The van der Waals surface area contributed by atoms with Gasteiger partial charge in [-0.15, -0.1) is 0 Å². The van der Waals surface area contributed by atoms with Crippen LogP contribution in [-0.4, -0.2) is 15.0 Å². The number of fused-ring (bicyclic) bond motifs is 3. The lowest BCUT2D eigenvalue weighted by Gasteiger charge is -2.17. The minimum absolute atomic E-state index is 0.640. The third-order valence-electron chi connectivity index (χ3n) is 11.6. The third kappa shape index (κ3) is 4.74. The van der Waals surface area contributed by atoms with Gasteiger partial charge in [0.15, 0.2) is 17.5 Å². The second-order valence-corrected chi connectivity index (χ2v) is 14.8.